The first kappa shape index (κ1) is 15.9. The highest BCUT2D eigenvalue weighted by molar-refractivity contribution is 5.85. The topological polar surface area (TPSA) is 92.9 Å². The number of carbonyl (C=O) groups is 2. The van der Waals surface area contributed by atoms with E-state index < -0.39 is 12.0 Å². The van der Waals surface area contributed by atoms with Gasteiger partial charge in [0, 0.05) is 13.7 Å². The number of methoxy groups -OCH3 is 1. The average molecular weight is 246 g/mol. The summed E-state index contributed by atoms with van der Waals surface area (Å²) >= 11 is 0. The van der Waals surface area contributed by atoms with Crippen LogP contribution in [0.5, 0.6) is 0 Å². The fourth-order valence-corrected chi connectivity index (χ4v) is 1.48. The highest BCUT2D eigenvalue weighted by Gasteiger charge is 2.23. The molecule has 3 N–H and O–H groups in total. The van der Waals surface area contributed by atoms with Gasteiger partial charge in [0.15, 0.2) is 0 Å². The summed E-state index contributed by atoms with van der Waals surface area (Å²) in [7, 11) is 1.50. The van der Waals surface area contributed by atoms with E-state index in [2.05, 4.69) is 0 Å². The highest BCUT2D eigenvalue weighted by atomic mass is 16.5. The zero-order chi connectivity index (χ0) is 13.4. The number of hydrogen-bond donors (Lipinski definition) is 2. The van der Waals surface area contributed by atoms with Crippen molar-refractivity contribution in [3.05, 3.63) is 0 Å². The van der Waals surface area contributed by atoms with Gasteiger partial charge in [0.2, 0.25) is 5.91 Å². The van der Waals surface area contributed by atoms with Gasteiger partial charge < -0.3 is 20.5 Å². The molecule has 0 saturated heterocycles. The Kier molecular flexibility index (Phi) is 7.49. The molecule has 1 atom stereocenters. The maximum Gasteiger partial charge on any atom is 0.323 e. The summed E-state index contributed by atoms with van der Waals surface area (Å²) in [5.41, 5.74) is 5.74. The number of nitrogens with zero attached hydrogens (tertiary/aromatic N) is 1. The summed E-state index contributed by atoms with van der Waals surface area (Å²) in [6.07, 6.45) is 0.544. The molecule has 0 bridgehead atoms. The zero-order valence-corrected chi connectivity index (χ0v) is 10.7. The van der Waals surface area contributed by atoms with Crippen molar-refractivity contribution in [3.63, 3.8) is 0 Å². The van der Waals surface area contributed by atoms with Crippen LogP contribution in [-0.4, -0.2) is 54.7 Å². The van der Waals surface area contributed by atoms with Gasteiger partial charge in [0.1, 0.15) is 6.54 Å². The standard InChI is InChI=1S/C11H22N2O4/c1-8(2)6-9(12)11(16)13(4-5-17-3)7-10(14)15/h8-9H,4-7,12H2,1-3H3,(H,14,15)/t9-/m0/s1. The van der Waals surface area contributed by atoms with Crippen molar-refractivity contribution in [3.8, 4) is 0 Å². The van der Waals surface area contributed by atoms with Gasteiger partial charge >= 0.3 is 5.97 Å². The van der Waals surface area contributed by atoms with Crippen LogP contribution in [0.4, 0.5) is 0 Å². The van der Waals surface area contributed by atoms with Crippen LogP contribution in [0.1, 0.15) is 20.3 Å². The minimum Gasteiger partial charge on any atom is -0.480 e. The molecule has 0 aliphatic rings. The first-order valence-electron chi connectivity index (χ1n) is 5.63. The maximum absolute atomic E-state index is 11.9. The van der Waals surface area contributed by atoms with E-state index in [0.717, 1.165) is 0 Å². The van der Waals surface area contributed by atoms with Gasteiger partial charge in [-0.15, -0.1) is 0 Å². The molecule has 0 radical (unpaired) electrons. The number of ether oxygens (including phenoxy) is 1. The summed E-state index contributed by atoms with van der Waals surface area (Å²) in [5, 5.41) is 8.72. The SMILES string of the molecule is COCCN(CC(=O)O)C(=O)[C@@H](N)CC(C)C. The number of carboxylic acid groups (broad SMARTS) is 1. The molecule has 17 heavy (non-hydrogen) atoms. The molecule has 0 unspecified atom stereocenters. The number of carboxylic acids is 1. The minimum atomic E-state index is -1.05. The summed E-state index contributed by atoms with van der Waals surface area (Å²) < 4.78 is 4.84. The Morgan fingerprint density at radius 3 is 2.41 bits per heavy atom. The quantitative estimate of drug-likeness (QED) is 0.625. The van der Waals surface area contributed by atoms with Crippen LogP contribution in [0.15, 0.2) is 0 Å². The van der Waals surface area contributed by atoms with Gasteiger partial charge in [-0.05, 0) is 12.3 Å². The van der Waals surface area contributed by atoms with Crippen molar-refractivity contribution >= 4 is 11.9 Å². The normalized spacial score (nSPS) is 12.5. The molecular weight excluding hydrogens is 224 g/mol. The van der Waals surface area contributed by atoms with Crippen molar-refractivity contribution < 1.29 is 19.4 Å². The maximum atomic E-state index is 11.9. The average Bonchev–Trinajstić information content (AvgIpc) is 2.21. The van der Waals surface area contributed by atoms with Crippen LogP contribution in [0.2, 0.25) is 0 Å². The zero-order valence-electron chi connectivity index (χ0n) is 10.7. The lowest BCUT2D eigenvalue weighted by atomic mass is 10.0. The molecule has 0 aliphatic carbocycles. The van der Waals surface area contributed by atoms with Gasteiger partial charge in [-0.2, -0.15) is 0 Å². The third kappa shape index (κ3) is 6.91. The van der Waals surface area contributed by atoms with E-state index in [1.54, 1.807) is 0 Å². The molecule has 6 nitrogen and oxygen atoms in total. The van der Waals surface area contributed by atoms with Crippen LogP contribution >= 0.6 is 0 Å². The van der Waals surface area contributed by atoms with E-state index in [0.29, 0.717) is 18.9 Å². The first-order valence-corrected chi connectivity index (χ1v) is 5.63. The summed E-state index contributed by atoms with van der Waals surface area (Å²) in [6.45, 7) is 4.13. The van der Waals surface area contributed by atoms with Crippen molar-refractivity contribution in [2.24, 2.45) is 11.7 Å². The molecule has 0 rings (SSSR count). The third-order valence-electron chi connectivity index (χ3n) is 2.25. The fraction of sp³-hybridized carbons (Fsp3) is 0.818. The monoisotopic (exact) mass is 246 g/mol. The predicted octanol–water partition coefficient (Wildman–Crippen LogP) is -0.0806. The lowest BCUT2D eigenvalue weighted by Gasteiger charge is -2.24. The number of carbonyl (C=O) groups excluding carboxylic acids is 1. The lowest BCUT2D eigenvalue weighted by Crippen LogP contribution is -2.47. The molecule has 0 aromatic carbocycles. The van der Waals surface area contributed by atoms with E-state index in [4.69, 9.17) is 15.6 Å². The third-order valence-corrected chi connectivity index (χ3v) is 2.25. The van der Waals surface area contributed by atoms with Crippen LogP contribution in [-0.2, 0) is 14.3 Å². The number of rotatable bonds is 8. The van der Waals surface area contributed by atoms with Gasteiger partial charge in [-0.1, -0.05) is 13.8 Å². The summed E-state index contributed by atoms with van der Waals surface area (Å²) in [4.78, 5) is 23.8. The Hall–Kier alpha value is -1.14. The van der Waals surface area contributed by atoms with E-state index in [9.17, 15) is 9.59 Å². The largest absolute Gasteiger partial charge is 0.480 e. The molecule has 1 amide bonds. The molecule has 6 heteroatoms. The molecule has 0 aromatic heterocycles. The number of aliphatic carboxylic acids is 1. The summed E-state index contributed by atoms with van der Waals surface area (Å²) in [6, 6.07) is -0.647. The Morgan fingerprint density at radius 2 is 2.00 bits per heavy atom. The number of nitrogens with two attached hydrogens (primary N) is 1. The smallest absolute Gasteiger partial charge is 0.323 e. The van der Waals surface area contributed by atoms with E-state index in [1.165, 1.54) is 12.0 Å². The molecule has 0 saturated carbocycles. The van der Waals surface area contributed by atoms with E-state index >= 15 is 0 Å². The van der Waals surface area contributed by atoms with Gasteiger partial charge in [-0.25, -0.2) is 0 Å². The fourth-order valence-electron chi connectivity index (χ4n) is 1.48. The molecule has 0 aliphatic heterocycles. The summed E-state index contributed by atoms with van der Waals surface area (Å²) in [5.74, 6) is -1.09. The van der Waals surface area contributed by atoms with Crippen molar-refractivity contribution in [1.29, 1.82) is 0 Å². The van der Waals surface area contributed by atoms with Gasteiger partial charge in [0.25, 0.3) is 0 Å². The van der Waals surface area contributed by atoms with Gasteiger partial charge in [-0.3, -0.25) is 9.59 Å². The molecule has 100 valence electrons. The van der Waals surface area contributed by atoms with E-state index in [-0.39, 0.29) is 19.0 Å². The van der Waals surface area contributed by atoms with Gasteiger partial charge in [0.05, 0.1) is 12.6 Å². The van der Waals surface area contributed by atoms with Crippen LogP contribution < -0.4 is 5.73 Å². The predicted molar refractivity (Wildman–Crippen MR) is 63.5 cm³/mol. The Labute approximate surface area is 102 Å². The number of amides is 1. The molecule has 0 fully saturated rings. The van der Waals surface area contributed by atoms with Crippen LogP contribution in [0.3, 0.4) is 0 Å². The van der Waals surface area contributed by atoms with Crippen molar-refractivity contribution in [2.75, 3.05) is 26.8 Å². The van der Waals surface area contributed by atoms with Crippen molar-refractivity contribution in [1.82, 2.24) is 4.90 Å². The Bertz CT molecular complexity index is 256. The second-order valence-electron chi connectivity index (χ2n) is 4.38. The Balaban J connectivity index is 4.44. The molecule has 0 spiro atoms. The Morgan fingerprint density at radius 1 is 1.41 bits per heavy atom. The second-order valence-corrected chi connectivity index (χ2v) is 4.38. The van der Waals surface area contributed by atoms with Crippen LogP contribution in [0, 0.1) is 5.92 Å². The van der Waals surface area contributed by atoms with E-state index in [1.807, 2.05) is 13.8 Å². The molecule has 0 heterocycles. The second kappa shape index (κ2) is 8.03. The van der Waals surface area contributed by atoms with Crippen molar-refractivity contribution in [2.45, 2.75) is 26.3 Å². The lowest BCUT2D eigenvalue weighted by molar-refractivity contribution is -0.145. The number of hydrogen-bond acceptors (Lipinski definition) is 4. The molecule has 0 aromatic rings. The minimum absolute atomic E-state index is 0.243. The first-order chi connectivity index (χ1) is 7.88. The van der Waals surface area contributed by atoms with Crippen LogP contribution in [0.25, 0.3) is 0 Å². The molecular formula is C11H22N2O4. The highest BCUT2D eigenvalue weighted by Crippen LogP contribution is 2.06.